The minimum atomic E-state index is -0.0379. The average Bonchev–Trinajstić information content (AvgIpc) is 2.56. The molecule has 3 amide bonds. The molecule has 0 atom stereocenters. The monoisotopic (exact) mass is 337 g/mol. The maximum absolute atomic E-state index is 12.5. The molecule has 1 saturated heterocycles. The molecule has 5 nitrogen and oxygen atoms in total. The van der Waals surface area contributed by atoms with Crippen LogP contribution in [0.15, 0.2) is 24.3 Å². The SMILES string of the molecule is CCN(CC)C(=O)NC1CCN(C(=O)c2ccccc2Cl)CC1. The molecule has 1 aliphatic heterocycles. The van der Waals surface area contributed by atoms with E-state index >= 15 is 0 Å². The Morgan fingerprint density at radius 1 is 1.22 bits per heavy atom. The number of halogens is 1. The van der Waals surface area contributed by atoms with E-state index < -0.39 is 0 Å². The summed E-state index contributed by atoms with van der Waals surface area (Å²) in [5.74, 6) is -0.0379. The molecule has 1 heterocycles. The van der Waals surface area contributed by atoms with E-state index in [9.17, 15) is 9.59 Å². The highest BCUT2D eigenvalue weighted by atomic mass is 35.5. The molecular formula is C17H24ClN3O2. The lowest BCUT2D eigenvalue weighted by Gasteiger charge is -2.33. The lowest BCUT2D eigenvalue weighted by atomic mass is 10.0. The number of likely N-dealkylation sites (tertiary alicyclic amines) is 1. The Kier molecular flexibility index (Phi) is 6.28. The van der Waals surface area contributed by atoms with Crippen LogP contribution in [0, 0.1) is 0 Å². The van der Waals surface area contributed by atoms with Crippen LogP contribution in [0.5, 0.6) is 0 Å². The average molecular weight is 338 g/mol. The zero-order valence-corrected chi connectivity index (χ0v) is 14.5. The van der Waals surface area contributed by atoms with Crippen molar-refractivity contribution in [3.63, 3.8) is 0 Å². The van der Waals surface area contributed by atoms with Gasteiger partial charge in [-0.2, -0.15) is 0 Å². The fraction of sp³-hybridized carbons (Fsp3) is 0.529. The maximum atomic E-state index is 12.5. The summed E-state index contributed by atoms with van der Waals surface area (Å²) in [7, 11) is 0. The zero-order valence-electron chi connectivity index (χ0n) is 13.7. The second-order valence-electron chi connectivity index (χ2n) is 5.67. The summed E-state index contributed by atoms with van der Waals surface area (Å²) in [5, 5.41) is 3.54. The highest BCUT2D eigenvalue weighted by Crippen LogP contribution is 2.20. The van der Waals surface area contributed by atoms with Gasteiger partial charge in [0, 0.05) is 32.2 Å². The topological polar surface area (TPSA) is 52.7 Å². The van der Waals surface area contributed by atoms with Crippen molar-refractivity contribution in [2.75, 3.05) is 26.2 Å². The van der Waals surface area contributed by atoms with Gasteiger partial charge in [-0.05, 0) is 38.8 Å². The smallest absolute Gasteiger partial charge is 0.317 e. The molecular weight excluding hydrogens is 314 g/mol. The molecule has 6 heteroatoms. The van der Waals surface area contributed by atoms with E-state index in [1.807, 2.05) is 26.0 Å². The largest absolute Gasteiger partial charge is 0.338 e. The quantitative estimate of drug-likeness (QED) is 0.918. The number of nitrogens with zero attached hydrogens (tertiary/aromatic N) is 2. The Bertz CT molecular complexity index is 553. The number of hydrogen-bond acceptors (Lipinski definition) is 2. The number of hydrogen-bond donors (Lipinski definition) is 1. The molecule has 0 aliphatic carbocycles. The summed E-state index contributed by atoms with van der Waals surface area (Å²) < 4.78 is 0. The Balaban J connectivity index is 1.88. The van der Waals surface area contributed by atoms with E-state index in [0.29, 0.717) is 36.8 Å². The maximum Gasteiger partial charge on any atom is 0.317 e. The molecule has 0 spiro atoms. The van der Waals surface area contributed by atoms with E-state index in [-0.39, 0.29) is 18.0 Å². The lowest BCUT2D eigenvalue weighted by Crippen LogP contribution is -2.50. The molecule has 0 bridgehead atoms. The minimum Gasteiger partial charge on any atom is -0.338 e. The van der Waals surface area contributed by atoms with Gasteiger partial charge in [-0.15, -0.1) is 0 Å². The van der Waals surface area contributed by atoms with Crippen molar-refractivity contribution in [3.05, 3.63) is 34.9 Å². The van der Waals surface area contributed by atoms with Crippen LogP contribution in [0.4, 0.5) is 4.79 Å². The number of piperidine rings is 1. The van der Waals surface area contributed by atoms with Gasteiger partial charge >= 0.3 is 6.03 Å². The Hall–Kier alpha value is -1.75. The third-order valence-corrected chi connectivity index (χ3v) is 4.59. The third-order valence-electron chi connectivity index (χ3n) is 4.26. The summed E-state index contributed by atoms with van der Waals surface area (Å²) in [6, 6.07) is 7.21. The highest BCUT2D eigenvalue weighted by molar-refractivity contribution is 6.33. The van der Waals surface area contributed by atoms with Crippen molar-refractivity contribution in [1.29, 1.82) is 0 Å². The van der Waals surface area contributed by atoms with Gasteiger partial charge in [0.1, 0.15) is 0 Å². The van der Waals surface area contributed by atoms with Crippen molar-refractivity contribution in [2.45, 2.75) is 32.7 Å². The zero-order chi connectivity index (χ0) is 16.8. The summed E-state index contributed by atoms with van der Waals surface area (Å²) in [5.41, 5.74) is 0.541. The van der Waals surface area contributed by atoms with Gasteiger partial charge in [0.15, 0.2) is 0 Å². The first-order valence-electron chi connectivity index (χ1n) is 8.16. The van der Waals surface area contributed by atoms with E-state index in [0.717, 1.165) is 12.8 Å². The second-order valence-corrected chi connectivity index (χ2v) is 6.08. The van der Waals surface area contributed by atoms with Crippen LogP contribution in [-0.2, 0) is 0 Å². The molecule has 1 fully saturated rings. The van der Waals surface area contributed by atoms with Crippen LogP contribution in [0.3, 0.4) is 0 Å². The summed E-state index contributed by atoms with van der Waals surface area (Å²) in [6.07, 6.45) is 1.53. The molecule has 1 aromatic rings. The molecule has 0 saturated carbocycles. The van der Waals surface area contributed by atoms with Crippen molar-refractivity contribution >= 4 is 23.5 Å². The summed E-state index contributed by atoms with van der Waals surface area (Å²) >= 11 is 6.09. The van der Waals surface area contributed by atoms with Gasteiger partial charge in [-0.3, -0.25) is 4.79 Å². The van der Waals surface area contributed by atoms with Crippen LogP contribution < -0.4 is 5.32 Å². The molecule has 2 rings (SSSR count). The van der Waals surface area contributed by atoms with E-state index in [1.54, 1.807) is 21.9 Å². The van der Waals surface area contributed by atoms with Crippen LogP contribution in [0.1, 0.15) is 37.0 Å². The first-order valence-corrected chi connectivity index (χ1v) is 8.53. The minimum absolute atomic E-state index is 0.0223. The Morgan fingerprint density at radius 2 is 1.83 bits per heavy atom. The van der Waals surface area contributed by atoms with Gasteiger partial charge in [0.25, 0.3) is 5.91 Å². The number of carbonyl (C=O) groups is 2. The van der Waals surface area contributed by atoms with Crippen molar-refractivity contribution in [3.8, 4) is 0 Å². The van der Waals surface area contributed by atoms with E-state index in [4.69, 9.17) is 11.6 Å². The Labute approximate surface area is 142 Å². The first kappa shape index (κ1) is 17.6. The first-order chi connectivity index (χ1) is 11.1. The number of benzene rings is 1. The number of carbonyl (C=O) groups excluding carboxylic acids is 2. The van der Waals surface area contributed by atoms with Crippen LogP contribution in [0.2, 0.25) is 5.02 Å². The van der Waals surface area contributed by atoms with E-state index in [2.05, 4.69) is 5.32 Å². The molecule has 126 valence electrons. The number of rotatable bonds is 4. The van der Waals surface area contributed by atoms with Crippen LogP contribution in [0.25, 0.3) is 0 Å². The van der Waals surface area contributed by atoms with Gasteiger partial charge in [-0.1, -0.05) is 23.7 Å². The van der Waals surface area contributed by atoms with Crippen molar-refractivity contribution in [2.24, 2.45) is 0 Å². The number of urea groups is 1. The van der Waals surface area contributed by atoms with Crippen LogP contribution >= 0.6 is 11.6 Å². The van der Waals surface area contributed by atoms with Gasteiger partial charge in [-0.25, -0.2) is 4.79 Å². The fourth-order valence-corrected chi connectivity index (χ4v) is 3.03. The molecule has 1 aliphatic rings. The normalized spacial score (nSPS) is 15.3. The van der Waals surface area contributed by atoms with Gasteiger partial charge in [0.05, 0.1) is 10.6 Å². The van der Waals surface area contributed by atoms with Gasteiger partial charge in [0.2, 0.25) is 0 Å². The lowest BCUT2D eigenvalue weighted by molar-refractivity contribution is 0.0707. The molecule has 1 N–H and O–H groups in total. The third kappa shape index (κ3) is 4.38. The predicted octanol–water partition coefficient (Wildman–Crippen LogP) is 3.00. The standard InChI is InChI=1S/C17H24ClN3O2/c1-3-20(4-2)17(23)19-13-9-11-21(12-10-13)16(22)14-7-5-6-8-15(14)18/h5-8,13H,3-4,9-12H2,1-2H3,(H,19,23). The Morgan fingerprint density at radius 3 is 2.39 bits per heavy atom. The highest BCUT2D eigenvalue weighted by Gasteiger charge is 2.26. The molecule has 0 aromatic heterocycles. The van der Waals surface area contributed by atoms with Crippen molar-refractivity contribution in [1.82, 2.24) is 15.1 Å². The summed E-state index contributed by atoms with van der Waals surface area (Å²) in [6.45, 7) is 6.60. The molecule has 1 aromatic carbocycles. The fourth-order valence-electron chi connectivity index (χ4n) is 2.81. The van der Waals surface area contributed by atoms with E-state index in [1.165, 1.54) is 0 Å². The summed E-state index contributed by atoms with van der Waals surface area (Å²) in [4.78, 5) is 28.1. The number of amides is 3. The molecule has 23 heavy (non-hydrogen) atoms. The molecule has 0 unspecified atom stereocenters. The number of nitrogens with one attached hydrogen (secondary N) is 1. The van der Waals surface area contributed by atoms with Gasteiger partial charge < -0.3 is 15.1 Å². The predicted molar refractivity (Wildman–Crippen MR) is 91.8 cm³/mol. The van der Waals surface area contributed by atoms with Crippen LogP contribution in [-0.4, -0.2) is 54.0 Å². The van der Waals surface area contributed by atoms with Crippen molar-refractivity contribution < 1.29 is 9.59 Å². The molecule has 0 radical (unpaired) electrons. The second kappa shape index (κ2) is 8.20.